The highest BCUT2D eigenvalue weighted by atomic mass is 32.2. The first-order chi connectivity index (χ1) is 14.8. The third kappa shape index (κ3) is 5.15. The maximum atomic E-state index is 13.2. The largest absolute Gasteiger partial charge is 0.352 e. The van der Waals surface area contributed by atoms with Gasteiger partial charge in [-0.05, 0) is 67.2 Å². The van der Waals surface area contributed by atoms with Crippen LogP contribution in [-0.4, -0.2) is 62.3 Å². The van der Waals surface area contributed by atoms with Gasteiger partial charge in [-0.25, -0.2) is 8.42 Å². The summed E-state index contributed by atoms with van der Waals surface area (Å²) in [6, 6.07) is 5.92. The van der Waals surface area contributed by atoms with Crippen molar-refractivity contribution in [2.45, 2.75) is 69.7 Å². The van der Waals surface area contributed by atoms with Gasteiger partial charge in [-0.15, -0.1) is 0 Å². The van der Waals surface area contributed by atoms with E-state index >= 15 is 0 Å². The zero-order valence-electron chi connectivity index (χ0n) is 19.0. The summed E-state index contributed by atoms with van der Waals surface area (Å²) >= 11 is 0. The maximum Gasteiger partial charge on any atom is 0.243 e. The molecule has 3 atom stereocenters. The number of nitrogens with one attached hydrogen (secondary N) is 1. The molecule has 0 bridgehead atoms. The van der Waals surface area contributed by atoms with Gasteiger partial charge in [0.2, 0.25) is 15.9 Å². The molecule has 3 aliphatic rings. The van der Waals surface area contributed by atoms with Crippen molar-refractivity contribution in [1.29, 1.82) is 0 Å². The molecule has 2 aliphatic carbocycles. The summed E-state index contributed by atoms with van der Waals surface area (Å²) in [5.41, 5.74) is 2.48. The highest BCUT2D eigenvalue weighted by molar-refractivity contribution is 7.89. The monoisotopic (exact) mass is 447 g/mol. The van der Waals surface area contributed by atoms with E-state index in [0.717, 1.165) is 25.7 Å². The van der Waals surface area contributed by atoms with Crippen LogP contribution < -0.4 is 5.32 Å². The molecule has 1 aliphatic heterocycles. The Kier molecular flexibility index (Phi) is 7.04. The fourth-order valence-corrected chi connectivity index (χ4v) is 6.86. The van der Waals surface area contributed by atoms with Gasteiger partial charge in [-0.3, -0.25) is 9.69 Å². The van der Waals surface area contributed by atoms with E-state index in [1.165, 1.54) is 30.4 Å². The van der Waals surface area contributed by atoms with E-state index < -0.39 is 10.0 Å². The van der Waals surface area contributed by atoms with Crippen molar-refractivity contribution in [3.63, 3.8) is 0 Å². The summed E-state index contributed by atoms with van der Waals surface area (Å²) in [6.45, 7) is 6.91. The summed E-state index contributed by atoms with van der Waals surface area (Å²) in [5.74, 6) is 1.23. The molecule has 0 spiro atoms. The molecule has 0 radical (unpaired) electrons. The molecule has 1 heterocycles. The lowest BCUT2D eigenvalue weighted by atomic mass is 9.78. The number of benzene rings is 1. The summed E-state index contributed by atoms with van der Waals surface area (Å²) in [5, 5.41) is 3.23. The van der Waals surface area contributed by atoms with Crippen molar-refractivity contribution in [2.75, 3.05) is 32.7 Å². The number of hydrogen-bond donors (Lipinski definition) is 1. The highest BCUT2D eigenvalue weighted by Crippen LogP contribution is 2.29. The molecule has 1 saturated heterocycles. The van der Waals surface area contributed by atoms with E-state index in [-0.39, 0.29) is 11.9 Å². The van der Waals surface area contributed by atoms with Crippen LogP contribution in [-0.2, 0) is 27.7 Å². The number of nitrogens with zero attached hydrogens (tertiary/aromatic N) is 2. The lowest BCUT2D eigenvalue weighted by molar-refractivity contribution is -0.124. The highest BCUT2D eigenvalue weighted by Gasteiger charge is 2.31. The van der Waals surface area contributed by atoms with Gasteiger partial charge in [0.05, 0.1) is 11.4 Å². The van der Waals surface area contributed by atoms with Crippen LogP contribution in [0.1, 0.15) is 57.1 Å². The van der Waals surface area contributed by atoms with Gasteiger partial charge in [0, 0.05) is 32.2 Å². The number of rotatable bonds is 5. The molecule has 6 nitrogen and oxygen atoms in total. The van der Waals surface area contributed by atoms with Gasteiger partial charge in [0.15, 0.2) is 0 Å². The molecule has 0 aromatic heterocycles. The van der Waals surface area contributed by atoms with Gasteiger partial charge >= 0.3 is 0 Å². The molecule has 4 rings (SSSR count). The number of carbonyl (C=O) groups is 1. The molecule has 1 aromatic carbocycles. The van der Waals surface area contributed by atoms with Crippen molar-refractivity contribution < 1.29 is 13.2 Å². The normalized spacial score (nSPS) is 28.1. The van der Waals surface area contributed by atoms with Crippen LogP contribution in [0.15, 0.2) is 23.1 Å². The first-order valence-electron chi connectivity index (χ1n) is 12.0. The summed E-state index contributed by atoms with van der Waals surface area (Å²) in [6.07, 6.45) is 7.83. The van der Waals surface area contributed by atoms with E-state index in [9.17, 15) is 13.2 Å². The Bertz CT molecular complexity index is 893. The number of aryl methyl sites for hydroxylation is 2. The van der Waals surface area contributed by atoms with Crippen LogP contribution in [0.4, 0.5) is 0 Å². The zero-order valence-corrected chi connectivity index (χ0v) is 19.8. The van der Waals surface area contributed by atoms with E-state index in [2.05, 4.69) is 24.1 Å². The van der Waals surface area contributed by atoms with Crippen LogP contribution >= 0.6 is 0 Å². The third-order valence-corrected chi connectivity index (χ3v) is 9.60. The Morgan fingerprint density at radius 3 is 2.45 bits per heavy atom. The number of sulfonamides is 1. The fraction of sp³-hybridized carbons (Fsp3) is 0.708. The molecule has 1 N–H and O–H groups in total. The first-order valence-corrected chi connectivity index (χ1v) is 13.4. The molecule has 1 aromatic rings. The van der Waals surface area contributed by atoms with Crippen molar-refractivity contribution in [1.82, 2.24) is 14.5 Å². The Hall–Kier alpha value is -1.44. The van der Waals surface area contributed by atoms with Crippen LogP contribution in [0.25, 0.3) is 0 Å². The predicted octanol–water partition coefficient (Wildman–Crippen LogP) is 2.81. The van der Waals surface area contributed by atoms with Gasteiger partial charge in [-0.2, -0.15) is 4.31 Å². The smallest absolute Gasteiger partial charge is 0.243 e. The number of amides is 1. The lowest BCUT2D eigenvalue weighted by Gasteiger charge is -2.36. The number of fused-ring (bicyclic) bond motifs is 1. The second-order valence-corrected chi connectivity index (χ2v) is 11.7. The topological polar surface area (TPSA) is 69.7 Å². The Morgan fingerprint density at radius 1 is 1.00 bits per heavy atom. The lowest BCUT2D eigenvalue weighted by Crippen LogP contribution is -2.52. The molecule has 1 amide bonds. The molecule has 0 unspecified atom stereocenters. The zero-order chi connectivity index (χ0) is 22.0. The van der Waals surface area contributed by atoms with Crippen LogP contribution in [0.3, 0.4) is 0 Å². The van der Waals surface area contributed by atoms with E-state index in [0.29, 0.717) is 49.5 Å². The molecule has 172 valence electrons. The summed E-state index contributed by atoms with van der Waals surface area (Å²) in [4.78, 5) is 15.1. The minimum Gasteiger partial charge on any atom is -0.352 e. The van der Waals surface area contributed by atoms with Crippen LogP contribution in [0.5, 0.6) is 0 Å². The Balaban J connectivity index is 1.30. The second kappa shape index (κ2) is 9.59. The molecule has 31 heavy (non-hydrogen) atoms. The standard InChI is InChI=1S/C24H37N3O3S/c1-18-6-5-9-23(19(18)2)25-24(28)17-26-12-14-27(15-13-26)31(29,30)22-11-10-20-7-3-4-8-21(20)16-22/h10-11,16,18-19,23H,3-9,12-15,17H2,1-2H3,(H,25,28)/t18-,19-,23-/m1/s1. The molecule has 1 saturated carbocycles. The SMILES string of the molecule is C[C@@H]1[C@H](C)CCC[C@H]1NC(=O)CN1CCN(S(=O)(=O)c2ccc3c(c2)CCCC3)CC1. The number of carbonyl (C=O) groups excluding carboxylic acids is 1. The van der Waals surface area contributed by atoms with E-state index in [1.54, 1.807) is 10.4 Å². The molecular weight excluding hydrogens is 410 g/mol. The number of piperazine rings is 1. The average Bonchev–Trinajstić information content (AvgIpc) is 2.77. The molecule has 2 fully saturated rings. The Morgan fingerprint density at radius 2 is 1.71 bits per heavy atom. The summed E-state index contributed by atoms with van der Waals surface area (Å²) in [7, 11) is -3.48. The second-order valence-electron chi connectivity index (χ2n) is 9.76. The van der Waals surface area contributed by atoms with Crippen molar-refractivity contribution in [3.8, 4) is 0 Å². The first kappa shape index (κ1) is 22.7. The Labute approximate surface area is 187 Å². The van der Waals surface area contributed by atoms with Gasteiger partial charge < -0.3 is 5.32 Å². The van der Waals surface area contributed by atoms with Gasteiger partial charge in [0.1, 0.15) is 0 Å². The molecular formula is C24H37N3O3S. The van der Waals surface area contributed by atoms with E-state index in [4.69, 9.17) is 0 Å². The summed E-state index contributed by atoms with van der Waals surface area (Å²) < 4.78 is 27.9. The molecule has 7 heteroatoms. The predicted molar refractivity (Wildman–Crippen MR) is 122 cm³/mol. The number of hydrogen-bond acceptors (Lipinski definition) is 4. The van der Waals surface area contributed by atoms with Gasteiger partial charge in [-0.1, -0.05) is 32.8 Å². The van der Waals surface area contributed by atoms with Crippen molar-refractivity contribution >= 4 is 15.9 Å². The fourth-order valence-electron chi connectivity index (χ4n) is 5.39. The van der Waals surface area contributed by atoms with Crippen molar-refractivity contribution in [2.24, 2.45) is 11.8 Å². The van der Waals surface area contributed by atoms with Crippen molar-refractivity contribution in [3.05, 3.63) is 29.3 Å². The quantitative estimate of drug-likeness (QED) is 0.754. The minimum absolute atomic E-state index is 0.0666. The van der Waals surface area contributed by atoms with E-state index in [1.807, 2.05) is 12.1 Å². The maximum absolute atomic E-state index is 13.2. The van der Waals surface area contributed by atoms with Crippen LogP contribution in [0, 0.1) is 11.8 Å². The average molecular weight is 448 g/mol. The third-order valence-electron chi connectivity index (χ3n) is 7.71. The van der Waals surface area contributed by atoms with Gasteiger partial charge in [0.25, 0.3) is 0 Å². The van der Waals surface area contributed by atoms with Crippen LogP contribution in [0.2, 0.25) is 0 Å². The minimum atomic E-state index is -3.48.